The summed E-state index contributed by atoms with van der Waals surface area (Å²) in [5.41, 5.74) is 5.80. The largest absolute Gasteiger partial charge is 0.493 e. The average Bonchev–Trinajstić information content (AvgIpc) is 3.79. The van der Waals surface area contributed by atoms with Gasteiger partial charge in [0.1, 0.15) is 22.9 Å². The topological polar surface area (TPSA) is 166 Å². The Hall–Kier alpha value is -5.52. The van der Waals surface area contributed by atoms with E-state index in [1.54, 1.807) is 30.5 Å². The van der Waals surface area contributed by atoms with Crippen LogP contribution in [0.4, 0.5) is 11.4 Å². The van der Waals surface area contributed by atoms with Crippen molar-refractivity contribution in [1.82, 2.24) is 29.4 Å². The number of aromatic nitrogens is 2. The molecule has 2 saturated heterocycles. The molecular weight excluding hydrogens is 928 g/mol. The first kappa shape index (κ1) is 48.1. The predicted octanol–water partition coefficient (Wildman–Crippen LogP) is 9.32. The monoisotopic (exact) mass is 990 g/mol. The number of nitro groups is 1. The Bertz CT molecular complexity index is 2910. The molecule has 0 unspecified atom stereocenters. The van der Waals surface area contributed by atoms with E-state index in [1.165, 1.54) is 48.2 Å². The Labute approximate surface area is 415 Å². The summed E-state index contributed by atoms with van der Waals surface area (Å²) in [6.45, 7) is 15.2. The maximum Gasteiger partial charge on any atom is 0.277 e. The number of sulfonamides is 1. The summed E-state index contributed by atoms with van der Waals surface area (Å²) in [5.74, 6) is -0.288. The summed E-state index contributed by atoms with van der Waals surface area (Å²) in [6, 6.07) is 20.5. The highest BCUT2D eigenvalue weighted by molar-refractivity contribution is 7.90. The third kappa shape index (κ3) is 10.6. The van der Waals surface area contributed by atoms with E-state index in [0.717, 1.165) is 107 Å². The summed E-state index contributed by atoms with van der Waals surface area (Å²) in [6.07, 6.45) is 11.6. The molecule has 5 heterocycles. The fourth-order valence-electron chi connectivity index (χ4n) is 11.1. The normalized spacial score (nSPS) is 21.5. The van der Waals surface area contributed by atoms with E-state index < -0.39 is 25.7 Å². The van der Waals surface area contributed by atoms with Crippen LogP contribution in [-0.4, -0.2) is 122 Å². The first-order valence-corrected chi connectivity index (χ1v) is 26.7. The molecule has 70 heavy (non-hydrogen) atoms. The second-order valence-corrected chi connectivity index (χ2v) is 22.9. The molecule has 3 aromatic carbocycles. The summed E-state index contributed by atoms with van der Waals surface area (Å²) < 4.78 is 42.8. The molecule has 15 nitrogen and oxygen atoms in total. The van der Waals surface area contributed by atoms with Crippen molar-refractivity contribution in [3.63, 3.8) is 0 Å². The average molecular weight is 992 g/mol. The molecule has 10 rings (SSSR count). The number of nitrogens with one attached hydrogen (secondary N) is 2. The molecule has 0 bridgehead atoms. The van der Waals surface area contributed by atoms with Gasteiger partial charge < -0.3 is 24.3 Å². The lowest BCUT2D eigenvalue weighted by molar-refractivity contribution is -0.386. The number of piperazine rings is 2. The summed E-state index contributed by atoms with van der Waals surface area (Å²) in [4.78, 5) is 43.1. The Morgan fingerprint density at radius 2 is 1.80 bits per heavy atom. The van der Waals surface area contributed by atoms with E-state index in [2.05, 4.69) is 67.2 Å². The van der Waals surface area contributed by atoms with Crippen molar-refractivity contribution in [2.24, 2.45) is 11.3 Å². The number of hydrogen-bond donors (Lipinski definition) is 2. The van der Waals surface area contributed by atoms with Crippen LogP contribution < -0.4 is 19.1 Å². The number of ether oxygens (including phenoxy) is 2. The minimum absolute atomic E-state index is 0.0348. The number of anilines is 1. The smallest absolute Gasteiger partial charge is 0.277 e. The van der Waals surface area contributed by atoms with Crippen LogP contribution in [0.3, 0.4) is 0 Å². The highest BCUT2D eigenvalue weighted by atomic mass is 35.5. The molecule has 3 aliphatic heterocycles. The minimum Gasteiger partial charge on any atom is -0.493 e. The Kier molecular flexibility index (Phi) is 13.7. The zero-order valence-electron chi connectivity index (χ0n) is 40.3. The molecule has 370 valence electrons. The van der Waals surface area contributed by atoms with Crippen LogP contribution in [0.5, 0.6) is 17.2 Å². The van der Waals surface area contributed by atoms with Crippen LogP contribution in [0.1, 0.15) is 87.2 Å². The van der Waals surface area contributed by atoms with E-state index in [4.69, 9.17) is 21.1 Å². The van der Waals surface area contributed by atoms with Gasteiger partial charge in [-0.2, -0.15) is 0 Å². The number of fused-ring (bicyclic) bond motifs is 2. The van der Waals surface area contributed by atoms with Gasteiger partial charge in [-0.1, -0.05) is 49.6 Å². The molecular formula is C53H63ClN8O7S. The SMILES string of the molecule is C[C@H]1CN(CC[C@H]2COc3cc(S(=O)(=O)NC(=O)c4ccc(N5CCN(CC6=C(c7ccc(Cl)cc7)CC(C)(C)CC6)CC5)cc4Oc4cnc5[nH]ccc5c4)cc([N+](=O)[O-])c3C2)CCN1C1CCC1. The number of aromatic amines is 1. The van der Waals surface area contributed by atoms with Crippen molar-refractivity contribution in [2.75, 3.05) is 70.4 Å². The van der Waals surface area contributed by atoms with E-state index in [0.29, 0.717) is 42.1 Å². The predicted molar refractivity (Wildman–Crippen MR) is 273 cm³/mol. The number of nitro benzene ring substituents is 1. The van der Waals surface area contributed by atoms with Crippen LogP contribution >= 0.6 is 11.6 Å². The van der Waals surface area contributed by atoms with Crippen molar-refractivity contribution >= 4 is 55.5 Å². The number of amides is 1. The van der Waals surface area contributed by atoms with Crippen molar-refractivity contribution in [1.29, 1.82) is 0 Å². The van der Waals surface area contributed by atoms with Gasteiger partial charge in [-0.05, 0) is 117 Å². The third-order valence-corrected chi connectivity index (χ3v) is 16.9. The van der Waals surface area contributed by atoms with Crippen LogP contribution in [0, 0.1) is 21.4 Å². The summed E-state index contributed by atoms with van der Waals surface area (Å²) in [5, 5.41) is 14.1. The number of benzene rings is 3. The molecule has 1 saturated carbocycles. The second kappa shape index (κ2) is 19.9. The molecule has 0 spiro atoms. The van der Waals surface area contributed by atoms with Crippen LogP contribution in [0.2, 0.25) is 5.02 Å². The fourth-order valence-corrected chi connectivity index (χ4v) is 12.2. The second-order valence-electron chi connectivity index (χ2n) is 20.8. The quantitative estimate of drug-likeness (QED) is 0.0801. The lowest BCUT2D eigenvalue weighted by Gasteiger charge is -2.47. The molecule has 2 N–H and O–H groups in total. The van der Waals surface area contributed by atoms with E-state index in [1.807, 2.05) is 18.2 Å². The zero-order valence-corrected chi connectivity index (χ0v) is 41.9. The fraction of sp³-hybridized carbons (Fsp3) is 0.472. The lowest BCUT2D eigenvalue weighted by Crippen LogP contribution is -2.57. The molecule has 2 aliphatic carbocycles. The van der Waals surface area contributed by atoms with Crippen molar-refractivity contribution < 1.29 is 27.6 Å². The van der Waals surface area contributed by atoms with Crippen LogP contribution in [0.25, 0.3) is 16.6 Å². The maximum absolute atomic E-state index is 14.2. The Balaban J connectivity index is 0.837. The molecule has 2 atom stereocenters. The van der Waals surface area contributed by atoms with Gasteiger partial charge in [0.15, 0.2) is 0 Å². The molecule has 1 amide bonds. The first-order chi connectivity index (χ1) is 33.6. The number of halogens is 1. The van der Waals surface area contributed by atoms with Crippen molar-refractivity contribution in [2.45, 2.75) is 89.1 Å². The molecule has 2 aromatic heterocycles. The first-order valence-electron chi connectivity index (χ1n) is 24.8. The van der Waals surface area contributed by atoms with E-state index in [9.17, 15) is 23.3 Å². The van der Waals surface area contributed by atoms with Gasteiger partial charge in [-0.15, -0.1) is 0 Å². The molecule has 17 heteroatoms. The maximum atomic E-state index is 14.2. The summed E-state index contributed by atoms with van der Waals surface area (Å²) in [7, 11) is -4.63. The van der Waals surface area contributed by atoms with Crippen LogP contribution in [-0.2, 0) is 16.4 Å². The van der Waals surface area contributed by atoms with Gasteiger partial charge in [0.05, 0.1) is 33.7 Å². The number of pyridine rings is 1. The Morgan fingerprint density at radius 3 is 2.54 bits per heavy atom. The van der Waals surface area contributed by atoms with Crippen molar-refractivity contribution in [3.05, 3.63) is 117 Å². The zero-order chi connectivity index (χ0) is 48.7. The number of H-pyrrole nitrogens is 1. The summed E-state index contributed by atoms with van der Waals surface area (Å²) >= 11 is 6.26. The van der Waals surface area contributed by atoms with Gasteiger partial charge in [0.25, 0.3) is 21.6 Å². The number of carbonyl (C=O) groups excluding carboxylic acids is 1. The lowest BCUT2D eigenvalue weighted by atomic mass is 9.72. The highest BCUT2D eigenvalue weighted by Gasteiger charge is 2.36. The number of nitrogens with zero attached hydrogens (tertiary/aromatic N) is 6. The van der Waals surface area contributed by atoms with Crippen LogP contribution in [0.15, 0.2) is 89.6 Å². The van der Waals surface area contributed by atoms with E-state index >= 15 is 0 Å². The molecule has 5 aliphatic rings. The van der Waals surface area contributed by atoms with E-state index in [-0.39, 0.29) is 34.1 Å². The van der Waals surface area contributed by atoms with Gasteiger partial charge in [-0.25, -0.2) is 18.1 Å². The number of hydrogen-bond acceptors (Lipinski definition) is 12. The van der Waals surface area contributed by atoms with Gasteiger partial charge in [0.2, 0.25) is 0 Å². The minimum atomic E-state index is -4.63. The number of allylic oxidation sites excluding steroid dienone is 1. The number of carbonyl (C=O) groups is 1. The molecule has 0 radical (unpaired) electrons. The van der Waals surface area contributed by atoms with Gasteiger partial charge >= 0.3 is 0 Å². The highest BCUT2D eigenvalue weighted by Crippen LogP contribution is 2.44. The third-order valence-electron chi connectivity index (χ3n) is 15.4. The van der Waals surface area contributed by atoms with Crippen molar-refractivity contribution in [3.8, 4) is 17.2 Å². The Morgan fingerprint density at radius 1 is 1.01 bits per heavy atom. The molecule has 5 aromatic rings. The van der Waals surface area contributed by atoms with Gasteiger partial charge in [0, 0.05) is 105 Å². The van der Waals surface area contributed by atoms with Gasteiger partial charge in [-0.3, -0.25) is 24.7 Å². The standard InChI is InChI=1S/C53H63ClN8O7S/c1-35-32-58(21-24-61(35)41-5-4-6-41)18-15-36-25-46-48(62(64)65)28-44(29-49(46)68-34-36)70(66,67)57-52(63)45-12-11-42(27-50(45)69-43-26-38-14-17-55-51(38)56-31-43)60-22-19-59(20-23-60)33-39-13-16-53(2,3)30-47(39)37-7-9-40(54)10-8-37/h7-12,14,17,26-29,31,35-36,41H,4-6,13,15-16,18-25,30,32-34H2,1-3H3,(H,55,56)(H,57,63)/t35-,36+/m0/s1. The number of rotatable bonds is 14. The molecule has 3 fully saturated rings.